The largest absolute Gasteiger partial charge is 0.550 e. The number of nitrogens with one attached hydrogen (secondary N) is 2. The lowest BCUT2D eigenvalue weighted by molar-refractivity contribution is -0.305. The highest BCUT2D eigenvalue weighted by Crippen LogP contribution is 2.23. The highest BCUT2D eigenvalue weighted by molar-refractivity contribution is 7.81. The second-order valence-electron chi connectivity index (χ2n) is 7.11. The molecule has 0 saturated heterocycles. The Morgan fingerprint density at radius 3 is 2.21 bits per heavy atom. The molecule has 1 aromatic rings. The number of hydrogen-bond acceptors (Lipinski definition) is 6. The van der Waals surface area contributed by atoms with Gasteiger partial charge in [-0.15, -0.1) is 0 Å². The Morgan fingerprint density at radius 2 is 1.75 bits per heavy atom. The van der Waals surface area contributed by atoms with Crippen LogP contribution >= 0.6 is 12.6 Å². The predicted molar refractivity (Wildman–Crippen MR) is 108 cm³/mol. The summed E-state index contributed by atoms with van der Waals surface area (Å²) in [6.45, 7) is 3.88. The second kappa shape index (κ2) is 11.6. The first-order valence-electron chi connectivity index (χ1n) is 9.20. The number of amides is 2. The average Bonchev–Trinajstić information content (AvgIpc) is 2.64. The van der Waals surface area contributed by atoms with Gasteiger partial charge in [-0.3, -0.25) is 9.59 Å². The molecule has 0 spiro atoms. The number of benzene rings is 1. The Labute approximate surface area is 171 Å². The van der Waals surface area contributed by atoms with Crippen LogP contribution < -0.4 is 20.5 Å². The molecular weight excluding hydrogens is 380 g/mol. The molecule has 0 bridgehead atoms. The fraction of sp³-hybridized carbons (Fsp3) is 0.550. The molecule has 2 N–H and O–H groups in total. The van der Waals surface area contributed by atoms with E-state index in [9.17, 15) is 19.5 Å². The minimum Gasteiger partial charge on any atom is -0.550 e. The fourth-order valence-corrected chi connectivity index (χ4v) is 3.33. The third-order valence-electron chi connectivity index (χ3n) is 4.38. The summed E-state index contributed by atoms with van der Waals surface area (Å²) in [4.78, 5) is 36.1. The molecule has 0 aliphatic rings. The summed E-state index contributed by atoms with van der Waals surface area (Å²) in [6, 6.07) is 6.42. The molecule has 8 heteroatoms. The fourth-order valence-electron chi connectivity index (χ4n) is 2.92. The zero-order valence-corrected chi connectivity index (χ0v) is 17.6. The maximum Gasteiger partial charge on any atom is 0.242 e. The molecule has 156 valence electrons. The monoisotopic (exact) mass is 409 g/mol. The van der Waals surface area contributed by atoms with Crippen molar-refractivity contribution < 1.29 is 24.2 Å². The Bertz CT molecular complexity index is 663. The minimum atomic E-state index is -1.26. The Kier molecular flexibility index (Phi) is 9.85. The summed E-state index contributed by atoms with van der Waals surface area (Å²) in [7, 11) is 3.07. The van der Waals surface area contributed by atoms with E-state index in [2.05, 4.69) is 23.3 Å². The summed E-state index contributed by atoms with van der Waals surface area (Å²) in [5.74, 6) is -1.78. The van der Waals surface area contributed by atoms with Crippen molar-refractivity contribution in [1.29, 1.82) is 0 Å². The van der Waals surface area contributed by atoms with Crippen LogP contribution in [0.2, 0.25) is 0 Å². The highest BCUT2D eigenvalue weighted by Gasteiger charge is 2.30. The van der Waals surface area contributed by atoms with Gasteiger partial charge >= 0.3 is 0 Å². The lowest BCUT2D eigenvalue weighted by atomic mass is 9.91. The molecule has 0 saturated carbocycles. The Morgan fingerprint density at radius 1 is 1.14 bits per heavy atom. The number of ether oxygens (including phenoxy) is 1. The summed E-state index contributed by atoms with van der Waals surface area (Å²) in [5.41, 5.74) is 0.854. The van der Waals surface area contributed by atoms with Crippen LogP contribution in [0, 0.1) is 11.8 Å². The molecule has 0 radical (unpaired) electrons. The lowest BCUT2D eigenvalue weighted by Crippen LogP contribution is -2.50. The number of likely N-dealkylation sites (N-methyl/N-ethyl adjacent to an activating group) is 1. The lowest BCUT2D eigenvalue weighted by Gasteiger charge is -2.27. The molecule has 1 rings (SSSR count). The molecule has 0 fully saturated rings. The van der Waals surface area contributed by atoms with Crippen molar-refractivity contribution in [3.8, 4) is 5.75 Å². The second-order valence-corrected chi connectivity index (χ2v) is 7.77. The number of methoxy groups -OCH3 is 1. The topological polar surface area (TPSA) is 108 Å². The molecule has 0 aliphatic heterocycles. The van der Waals surface area contributed by atoms with E-state index in [1.165, 1.54) is 7.05 Å². The first-order chi connectivity index (χ1) is 13.2. The number of carboxylic acids is 1. The number of carbonyl (C=O) groups excluding carboxylic acids is 3. The van der Waals surface area contributed by atoms with Crippen molar-refractivity contribution in [3.05, 3.63) is 29.8 Å². The number of rotatable bonds is 11. The Hall–Kier alpha value is -2.22. The van der Waals surface area contributed by atoms with Gasteiger partial charge in [-0.2, -0.15) is 12.6 Å². The number of aliphatic carboxylic acids is 1. The zero-order valence-electron chi connectivity index (χ0n) is 16.7. The highest BCUT2D eigenvalue weighted by atomic mass is 32.1. The standard InChI is InChI=1S/C20H30N2O5S/c1-12(2)9-15(17(28)11-18(23)24)19(25)22-16(20(26)21-3)10-13-5-7-14(27-4)8-6-13/h5-8,12,15-17,28H,9-11H2,1-4H3,(H,21,26)(H,22,25)(H,23,24)/p-1. The number of carboxylic acid groups (broad SMARTS) is 1. The van der Waals surface area contributed by atoms with Crippen LogP contribution in [0.4, 0.5) is 0 Å². The van der Waals surface area contributed by atoms with E-state index < -0.39 is 29.1 Å². The van der Waals surface area contributed by atoms with Gasteiger partial charge in [0.15, 0.2) is 0 Å². The number of thiol groups is 1. The molecule has 1 aromatic carbocycles. The van der Waals surface area contributed by atoms with E-state index >= 15 is 0 Å². The van der Waals surface area contributed by atoms with Gasteiger partial charge < -0.3 is 25.3 Å². The SMILES string of the molecule is CNC(=O)C(Cc1ccc(OC)cc1)NC(=O)C(CC(C)C)C(S)CC(=O)[O-]. The molecular formula is C20H29N2O5S-. The maximum atomic E-state index is 12.8. The Balaban J connectivity index is 2.95. The van der Waals surface area contributed by atoms with Gasteiger partial charge in [-0.25, -0.2) is 0 Å². The molecule has 28 heavy (non-hydrogen) atoms. The van der Waals surface area contributed by atoms with Gasteiger partial charge in [0, 0.05) is 24.7 Å². The van der Waals surface area contributed by atoms with Crippen molar-refractivity contribution in [2.75, 3.05) is 14.2 Å². The summed E-state index contributed by atoms with van der Waals surface area (Å²) in [5, 5.41) is 15.5. The molecule has 7 nitrogen and oxygen atoms in total. The van der Waals surface area contributed by atoms with E-state index in [0.29, 0.717) is 18.6 Å². The molecule has 0 heterocycles. The minimum absolute atomic E-state index is 0.159. The van der Waals surface area contributed by atoms with Gasteiger partial charge in [0.05, 0.1) is 13.0 Å². The molecule has 3 unspecified atom stereocenters. The number of hydrogen-bond donors (Lipinski definition) is 3. The third kappa shape index (κ3) is 7.80. The zero-order chi connectivity index (χ0) is 21.3. The van der Waals surface area contributed by atoms with Crippen LogP contribution in [-0.4, -0.2) is 43.2 Å². The van der Waals surface area contributed by atoms with E-state index in [-0.39, 0.29) is 18.2 Å². The van der Waals surface area contributed by atoms with Gasteiger partial charge in [0.2, 0.25) is 11.8 Å². The predicted octanol–water partition coefficient (Wildman–Crippen LogP) is 0.569. The summed E-state index contributed by atoms with van der Waals surface area (Å²) in [6.07, 6.45) is 0.412. The third-order valence-corrected chi connectivity index (χ3v) is 4.92. The van der Waals surface area contributed by atoms with Crippen molar-refractivity contribution in [2.24, 2.45) is 11.8 Å². The van der Waals surface area contributed by atoms with Crippen molar-refractivity contribution in [2.45, 2.75) is 44.4 Å². The van der Waals surface area contributed by atoms with E-state index in [1.54, 1.807) is 19.2 Å². The van der Waals surface area contributed by atoms with E-state index in [4.69, 9.17) is 4.74 Å². The molecule has 3 atom stereocenters. The van der Waals surface area contributed by atoms with Gasteiger partial charge in [-0.05, 0) is 36.5 Å². The van der Waals surface area contributed by atoms with Gasteiger partial charge in [0.1, 0.15) is 11.8 Å². The van der Waals surface area contributed by atoms with Crippen LogP contribution in [0.25, 0.3) is 0 Å². The first kappa shape index (κ1) is 23.8. The smallest absolute Gasteiger partial charge is 0.242 e. The van der Waals surface area contributed by atoms with Crippen LogP contribution in [-0.2, 0) is 20.8 Å². The first-order valence-corrected chi connectivity index (χ1v) is 9.72. The average molecular weight is 410 g/mol. The summed E-state index contributed by atoms with van der Waals surface area (Å²) >= 11 is 4.30. The van der Waals surface area contributed by atoms with Gasteiger partial charge in [0.25, 0.3) is 0 Å². The summed E-state index contributed by atoms with van der Waals surface area (Å²) < 4.78 is 5.12. The molecule has 2 amide bonds. The van der Waals surface area contributed by atoms with Crippen molar-refractivity contribution in [1.82, 2.24) is 10.6 Å². The van der Waals surface area contributed by atoms with Gasteiger partial charge in [-0.1, -0.05) is 26.0 Å². The van der Waals surface area contributed by atoms with Crippen LogP contribution in [0.5, 0.6) is 5.75 Å². The van der Waals surface area contributed by atoms with Crippen LogP contribution in [0.15, 0.2) is 24.3 Å². The van der Waals surface area contributed by atoms with E-state index in [0.717, 1.165) is 5.56 Å². The number of carbonyl (C=O) groups is 3. The van der Waals surface area contributed by atoms with E-state index in [1.807, 2.05) is 26.0 Å². The van der Waals surface area contributed by atoms with Crippen LogP contribution in [0.1, 0.15) is 32.3 Å². The quantitative estimate of drug-likeness (QED) is 0.463. The molecule has 0 aliphatic carbocycles. The van der Waals surface area contributed by atoms with Crippen molar-refractivity contribution in [3.63, 3.8) is 0 Å². The normalized spacial score (nSPS) is 14.1. The maximum absolute atomic E-state index is 12.8. The molecule has 0 aromatic heterocycles. The van der Waals surface area contributed by atoms with Crippen molar-refractivity contribution >= 4 is 30.4 Å². The van der Waals surface area contributed by atoms with Crippen LogP contribution in [0.3, 0.4) is 0 Å².